The molecule has 0 heterocycles. The number of rotatable bonds is 4. The number of anilines is 1. The molecule has 0 radical (unpaired) electrons. The second-order valence-electron chi connectivity index (χ2n) is 3.58. The molecule has 0 aromatic heterocycles. The second kappa shape index (κ2) is 6.77. The third-order valence-electron chi connectivity index (χ3n) is 2.24. The molecule has 0 aliphatic rings. The zero-order chi connectivity index (χ0) is 12.8. The zero-order valence-electron chi connectivity index (χ0n) is 9.34. The van der Waals surface area contributed by atoms with Crippen molar-refractivity contribution in [3.8, 4) is 6.07 Å². The summed E-state index contributed by atoms with van der Waals surface area (Å²) in [5, 5.41) is 11.6. The standard InChI is InChI=1S/C12H12Br2N2O/c1-2-3-8(7-15)12(17)16-11-6-9(13)4-5-10(11)14/h4-6,8H,2-3H2,1H3,(H,16,17). The Morgan fingerprint density at radius 2 is 2.24 bits per heavy atom. The van der Waals surface area contributed by atoms with Crippen molar-refractivity contribution in [2.45, 2.75) is 19.8 Å². The lowest BCUT2D eigenvalue weighted by Crippen LogP contribution is -2.21. The molecule has 90 valence electrons. The predicted octanol–water partition coefficient (Wildman–Crippen LogP) is 4.09. The highest BCUT2D eigenvalue weighted by atomic mass is 79.9. The highest BCUT2D eigenvalue weighted by Crippen LogP contribution is 2.26. The van der Waals surface area contributed by atoms with Crippen LogP contribution in [0.1, 0.15) is 19.8 Å². The maximum atomic E-state index is 11.8. The Bertz CT molecular complexity index is 454. The van der Waals surface area contributed by atoms with Gasteiger partial charge >= 0.3 is 0 Å². The summed E-state index contributed by atoms with van der Waals surface area (Å²) in [7, 11) is 0. The molecule has 0 spiro atoms. The molecule has 17 heavy (non-hydrogen) atoms. The molecule has 1 N–H and O–H groups in total. The Balaban J connectivity index is 2.80. The molecule has 1 unspecified atom stereocenters. The average molecular weight is 360 g/mol. The van der Waals surface area contributed by atoms with Crippen LogP contribution in [0.3, 0.4) is 0 Å². The first kappa shape index (κ1) is 14.2. The Kier molecular flexibility index (Phi) is 5.66. The van der Waals surface area contributed by atoms with Crippen molar-refractivity contribution in [1.82, 2.24) is 0 Å². The molecule has 0 saturated heterocycles. The molecular weight excluding hydrogens is 348 g/mol. The zero-order valence-corrected chi connectivity index (χ0v) is 12.5. The molecule has 3 nitrogen and oxygen atoms in total. The third kappa shape index (κ3) is 4.14. The average Bonchev–Trinajstić information content (AvgIpc) is 2.30. The van der Waals surface area contributed by atoms with Gasteiger partial charge < -0.3 is 5.32 Å². The summed E-state index contributed by atoms with van der Waals surface area (Å²) in [5.41, 5.74) is 0.667. The summed E-state index contributed by atoms with van der Waals surface area (Å²) < 4.78 is 1.67. The fraction of sp³-hybridized carbons (Fsp3) is 0.333. The number of nitrogens with one attached hydrogen (secondary N) is 1. The topological polar surface area (TPSA) is 52.9 Å². The van der Waals surface area contributed by atoms with Crippen LogP contribution in [0.25, 0.3) is 0 Å². The van der Waals surface area contributed by atoms with E-state index in [0.29, 0.717) is 12.1 Å². The number of nitriles is 1. The van der Waals surface area contributed by atoms with E-state index in [1.54, 1.807) is 6.07 Å². The van der Waals surface area contributed by atoms with Crippen molar-refractivity contribution in [2.75, 3.05) is 5.32 Å². The third-order valence-corrected chi connectivity index (χ3v) is 3.42. The van der Waals surface area contributed by atoms with E-state index in [1.807, 2.05) is 25.1 Å². The number of carbonyl (C=O) groups is 1. The van der Waals surface area contributed by atoms with Crippen molar-refractivity contribution in [3.05, 3.63) is 27.1 Å². The number of amides is 1. The van der Waals surface area contributed by atoms with Gasteiger partial charge in [-0.3, -0.25) is 4.79 Å². The molecule has 1 aromatic rings. The van der Waals surface area contributed by atoms with Gasteiger partial charge in [0.05, 0.1) is 11.8 Å². The molecule has 0 aliphatic carbocycles. The Hall–Kier alpha value is -0.860. The Morgan fingerprint density at radius 1 is 1.53 bits per heavy atom. The van der Waals surface area contributed by atoms with Crippen LogP contribution in [0.4, 0.5) is 5.69 Å². The molecule has 1 rings (SSSR count). The highest BCUT2D eigenvalue weighted by molar-refractivity contribution is 9.11. The lowest BCUT2D eigenvalue weighted by atomic mass is 10.0. The highest BCUT2D eigenvalue weighted by Gasteiger charge is 2.17. The second-order valence-corrected chi connectivity index (χ2v) is 5.35. The molecule has 0 saturated carbocycles. The van der Waals surface area contributed by atoms with Gasteiger partial charge in [-0.05, 0) is 40.5 Å². The Labute approximate surface area is 117 Å². The van der Waals surface area contributed by atoms with E-state index in [2.05, 4.69) is 37.2 Å². The van der Waals surface area contributed by atoms with E-state index in [4.69, 9.17) is 5.26 Å². The van der Waals surface area contributed by atoms with Gasteiger partial charge in [-0.25, -0.2) is 0 Å². The molecular formula is C12H12Br2N2O. The van der Waals surface area contributed by atoms with E-state index in [9.17, 15) is 4.79 Å². The lowest BCUT2D eigenvalue weighted by molar-refractivity contribution is -0.118. The lowest BCUT2D eigenvalue weighted by Gasteiger charge is -2.11. The molecule has 0 fully saturated rings. The summed E-state index contributed by atoms with van der Waals surface area (Å²) >= 11 is 6.68. The minimum absolute atomic E-state index is 0.256. The molecule has 5 heteroatoms. The molecule has 1 amide bonds. The molecule has 1 atom stereocenters. The van der Waals surface area contributed by atoms with Gasteiger partial charge in [0, 0.05) is 8.95 Å². The molecule has 0 aliphatic heterocycles. The van der Waals surface area contributed by atoms with Crippen molar-refractivity contribution in [1.29, 1.82) is 5.26 Å². The number of nitrogens with zero attached hydrogens (tertiary/aromatic N) is 1. The van der Waals surface area contributed by atoms with Crippen LogP contribution in [0.5, 0.6) is 0 Å². The van der Waals surface area contributed by atoms with Crippen LogP contribution in [-0.4, -0.2) is 5.91 Å². The van der Waals surface area contributed by atoms with Crippen LogP contribution >= 0.6 is 31.9 Å². The van der Waals surface area contributed by atoms with Gasteiger partial charge in [-0.1, -0.05) is 29.3 Å². The minimum Gasteiger partial charge on any atom is -0.324 e. The van der Waals surface area contributed by atoms with Crippen LogP contribution < -0.4 is 5.32 Å². The normalized spacial score (nSPS) is 11.6. The van der Waals surface area contributed by atoms with Gasteiger partial charge in [-0.2, -0.15) is 5.26 Å². The minimum atomic E-state index is -0.592. The number of halogens is 2. The number of benzene rings is 1. The first-order valence-electron chi connectivity index (χ1n) is 5.24. The van der Waals surface area contributed by atoms with Crippen molar-refractivity contribution >= 4 is 43.5 Å². The van der Waals surface area contributed by atoms with E-state index in [1.165, 1.54) is 0 Å². The summed E-state index contributed by atoms with van der Waals surface area (Å²) in [6.07, 6.45) is 1.39. The van der Waals surface area contributed by atoms with Crippen LogP contribution in [0.15, 0.2) is 27.1 Å². The van der Waals surface area contributed by atoms with Gasteiger partial charge in [0.25, 0.3) is 0 Å². The van der Waals surface area contributed by atoms with Crippen molar-refractivity contribution in [3.63, 3.8) is 0 Å². The summed E-state index contributed by atoms with van der Waals surface area (Å²) in [5.74, 6) is -0.848. The smallest absolute Gasteiger partial charge is 0.241 e. The largest absolute Gasteiger partial charge is 0.324 e. The number of carbonyl (C=O) groups excluding carboxylic acids is 1. The first-order valence-corrected chi connectivity index (χ1v) is 6.82. The van der Waals surface area contributed by atoms with Crippen LogP contribution in [0.2, 0.25) is 0 Å². The van der Waals surface area contributed by atoms with Gasteiger partial charge in [0.2, 0.25) is 5.91 Å². The molecule has 0 bridgehead atoms. The van der Waals surface area contributed by atoms with Crippen LogP contribution in [0, 0.1) is 17.2 Å². The fourth-order valence-electron chi connectivity index (χ4n) is 1.36. The number of hydrogen-bond donors (Lipinski definition) is 1. The van der Waals surface area contributed by atoms with Gasteiger partial charge in [0.1, 0.15) is 5.92 Å². The Morgan fingerprint density at radius 3 is 2.82 bits per heavy atom. The number of hydrogen-bond acceptors (Lipinski definition) is 2. The van der Waals surface area contributed by atoms with Crippen LogP contribution in [-0.2, 0) is 4.79 Å². The molecule has 1 aromatic carbocycles. The van der Waals surface area contributed by atoms with E-state index in [-0.39, 0.29) is 5.91 Å². The van der Waals surface area contributed by atoms with E-state index < -0.39 is 5.92 Å². The SMILES string of the molecule is CCCC(C#N)C(=O)Nc1cc(Br)ccc1Br. The van der Waals surface area contributed by atoms with Crippen molar-refractivity contribution < 1.29 is 4.79 Å². The fourth-order valence-corrected chi connectivity index (χ4v) is 2.06. The maximum absolute atomic E-state index is 11.8. The summed E-state index contributed by atoms with van der Waals surface area (Å²) in [6, 6.07) is 7.51. The summed E-state index contributed by atoms with van der Waals surface area (Å²) in [6.45, 7) is 1.95. The maximum Gasteiger partial charge on any atom is 0.241 e. The predicted molar refractivity (Wildman–Crippen MR) is 74.5 cm³/mol. The van der Waals surface area contributed by atoms with E-state index in [0.717, 1.165) is 15.4 Å². The first-order chi connectivity index (χ1) is 8.08. The van der Waals surface area contributed by atoms with Crippen molar-refractivity contribution in [2.24, 2.45) is 5.92 Å². The van der Waals surface area contributed by atoms with E-state index >= 15 is 0 Å². The summed E-state index contributed by atoms with van der Waals surface area (Å²) in [4.78, 5) is 11.8. The quantitative estimate of drug-likeness (QED) is 0.880. The monoisotopic (exact) mass is 358 g/mol. The van der Waals surface area contributed by atoms with Gasteiger partial charge in [-0.15, -0.1) is 0 Å². The van der Waals surface area contributed by atoms with Gasteiger partial charge in [0.15, 0.2) is 0 Å².